The maximum atomic E-state index is 10.4. The zero-order valence-corrected chi connectivity index (χ0v) is 12.4. The highest BCUT2D eigenvalue weighted by molar-refractivity contribution is 5.52. The molecule has 1 aliphatic heterocycles. The number of hydrogen-bond acceptors (Lipinski definition) is 6. The van der Waals surface area contributed by atoms with E-state index in [0.717, 1.165) is 26.2 Å². The summed E-state index contributed by atoms with van der Waals surface area (Å²) in [5.74, 6) is 1.18. The van der Waals surface area contributed by atoms with Crippen molar-refractivity contribution < 1.29 is 14.6 Å². The van der Waals surface area contributed by atoms with Crippen molar-refractivity contribution in [3.8, 4) is 23.3 Å². The molecule has 1 aromatic carbocycles. The molecule has 2 rings (SSSR count). The number of nitriles is 1. The molecule has 0 unspecified atom stereocenters. The summed E-state index contributed by atoms with van der Waals surface area (Å²) >= 11 is 0. The van der Waals surface area contributed by atoms with E-state index in [1.807, 2.05) is 0 Å². The van der Waals surface area contributed by atoms with Gasteiger partial charge in [-0.25, -0.2) is 0 Å². The van der Waals surface area contributed by atoms with Gasteiger partial charge in [-0.1, -0.05) is 0 Å². The van der Waals surface area contributed by atoms with Crippen LogP contribution in [0.15, 0.2) is 12.1 Å². The molecule has 0 amide bonds. The molecule has 21 heavy (non-hydrogen) atoms. The molecule has 6 nitrogen and oxygen atoms in total. The summed E-state index contributed by atoms with van der Waals surface area (Å²) in [4.78, 5) is 2.20. The van der Waals surface area contributed by atoms with E-state index in [9.17, 15) is 5.11 Å². The quantitative estimate of drug-likeness (QED) is 0.850. The number of rotatable bonds is 5. The molecular formula is C15H21N3O3. The van der Waals surface area contributed by atoms with Crippen LogP contribution in [0.25, 0.3) is 0 Å². The monoisotopic (exact) mass is 291 g/mol. The van der Waals surface area contributed by atoms with Crippen LogP contribution in [0, 0.1) is 11.3 Å². The Hall–Kier alpha value is -1.97. The summed E-state index contributed by atoms with van der Waals surface area (Å²) in [6, 6.07) is 5.33. The lowest BCUT2D eigenvalue weighted by Crippen LogP contribution is -2.45. The molecule has 0 spiro atoms. The van der Waals surface area contributed by atoms with Gasteiger partial charge in [-0.15, -0.1) is 0 Å². The van der Waals surface area contributed by atoms with Crippen molar-refractivity contribution in [2.45, 2.75) is 12.5 Å². The molecular weight excluding hydrogens is 270 g/mol. The zero-order chi connectivity index (χ0) is 15.2. The topological polar surface area (TPSA) is 77.8 Å². The molecule has 0 bridgehead atoms. The Bertz CT molecular complexity index is 522. The molecule has 6 heteroatoms. The minimum Gasteiger partial charge on any atom is -0.507 e. The Balaban J connectivity index is 2.41. The number of phenolic OH excluding ortho intramolecular Hbond substituents is 1. The Morgan fingerprint density at radius 1 is 1.33 bits per heavy atom. The molecule has 1 fully saturated rings. The second-order valence-corrected chi connectivity index (χ2v) is 4.93. The van der Waals surface area contributed by atoms with Gasteiger partial charge in [-0.3, -0.25) is 4.90 Å². The average Bonchev–Trinajstić information content (AvgIpc) is 2.53. The normalized spacial score (nSPS) is 17.0. The third kappa shape index (κ3) is 3.38. The summed E-state index contributed by atoms with van der Waals surface area (Å²) in [5, 5.41) is 22.8. The molecule has 1 saturated heterocycles. The van der Waals surface area contributed by atoms with E-state index in [1.54, 1.807) is 19.2 Å². The van der Waals surface area contributed by atoms with Crippen molar-refractivity contribution in [3.63, 3.8) is 0 Å². The van der Waals surface area contributed by atoms with Crippen molar-refractivity contribution >= 4 is 0 Å². The number of phenols is 1. The van der Waals surface area contributed by atoms with Crippen LogP contribution in [0.4, 0.5) is 0 Å². The first-order chi connectivity index (χ1) is 10.2. The first-order valence-corrected chi connectivity index (χ1v) is 6.97. The zero-order valence-electron chi connectivity index (χ0n) is 12.4. The van der Waals surface area contributed by atoms with Crippen LogP contribution in [0.3, 0.4) is 0 Å². The molecule has 114 valence electrons. The fourth-order valence-corrected chi connectivity index (χ4v) is 2.70. The summed E-state index contributed by atoms with van der Waals surface area (Å²) in [7, 11) is 3.09. The van der Waals surface area contributed by atoms with Gasteiger partial charge >= 0.3 is 0 Å². The second-order valence-electron chi connectivity index (χ2n) is 4.93. The molecule has 0 aliphatic carbocycles. The van der Waals surface area contributed by atoms with Gasteiger partial charge in [-0.05, 0) is 0 Å². The lowest BCUT2D eigenvalue weighted by molar-refractivity contribution is 0.170. The molecule has 1 aromatic rings. The lowest BCUT2D eigenvalue weighted by atomic mass is 9.99. The highest BCUT2D eigenvalue weighted by Crippen LogP contribution is 2.41. The number of ether oxygens (including phenoxy) is 2. The molecule has 1 aliphatic rings. The first-order valence-electron chi connectivity index (χ1n) is 6.97. The number of aromatic hydroxyl groups is 1. The SMILES string of the molecule is COc1cc(O)c([C@H](CC#N)N2CCNCC2)c(OC)c1. The van der Waals surface area contributed by atoms with Gasteiger partial charge in [0.2, 0.25) is 0 Å². The van der Waals surface area contributed by atoms with Crippen molar-refractivity contribution in [2.75, 3.05) is 40.4 Å². The molecule has 1 heterocycles. The summed E-state index contributed by atoms with van der Waals surface area (Å²) in [5.41, 5.74) is 0.654. The molecule has 0 radical (unpaired) electrons. The Labute approximate surface area is 124 Å². The third-order valence-corrected chi connectivity index (χ3v) is 3.76. The minimum absolute atomic E-state index is 0.102. The standard InChI is InChI=1S/C15H21N3O3/c1-20-11-9-13(19)15(14(10-11)21-2)12(3-4-16)18-7-5-17-6-8-18/h9-10,12,17,19H,3,5-8H2,1-2H3/t12-/m0/s1. The Kier molecular flexibility index (Phi) is 5.26. The van der Waals surface area contributed by atoms with Gasteiger partial charge < -0.3 is 19.9 Å². The number of benzene rings is 1. The van der Waals surface area contributed by atoms with Crippen molar-refractivity contribution in [3.05, 3.63) is 17.7 Å². The summed E-state index contributed by atoms with van der Waals surface area (Å²) < 4.78 is 10.5. The third-order valence-electron chi connectivity index (χ3n) is 3.76. The van der Waals surface area contributed by atoms with Crippen LogP contribution in [-0.4, -0.2) is 50.4 Å². The van der Waals surface area contributed by atoms with E-state index in [2.05, 4.69) is 16.3 Å². The van der Waals surface area contributed by atoms with Gasteiger partial charge in [0.25, 0.3) is 0 Å². The number of nitrogens with one attached hydrogen (secondary N) is 1. The van der Waals surface area contributed by atoms with Gasteiger partial charge in [0.05, 0.1) is 38.3 Å². The highest BCUT2D eigenvalue weighted by atomic mass is 16.5. The number of hydrogen-bond donors (Lipinski definition) is 2. The minimum atomic E-state index is -0.182. The second kappa shape index (κ2) is 7.16. The van der Waals surface area contributed by atoms with E-state index in [4.69, 9.17) is 14.7 Å². The van der Waals surface area contributed by atoms with Crippen LogP contribution >= 0.6 is 0 Å². The van der Waals surface area contributed by atoms with E-state index < -0.39 is 0 Å². The fourth-order valence-electron chi connectivity index (χ4n) is 2.70. The number of methoxy groups -OCH3 is 2. The number of nitrogens with zero attached hydrogens (tertiary/aromatic N) is 2. The van der Waals surface area contributed by atoms with Gasteiger partial charge in [0.1, 0.15) is 17.2 Å². The predicted octanol–water partition coefficient (Wildman–Crippen LogP) is 1.27. The summed E-state index contributed by atoms with van der Waals surface area (Å²) in [6.07, 6.45) is 0.302. The Morgan fingerprint density at radius 3 is 2.62 bits per heavy atom. The summed E-state index contributed by atoms with van der Waals surface area (Å²) in [6.45, 7) is 3.42. The molecule has 2 N–H and O–H groups in total. The van der Waals surface area contributed by atoms with E-state index in [0.29, 0.717) is 23.5 Å². The van der Waals surface area contributed by atoms with Gasteiger partial charge in [0.15, 0.2) is 0 Å². The van der Waals surface area contributed by atoms with Crippen LogP contribution in [-0.2, 0) is 0 Å². The maximum absolute atomic E-state index is 10.4. The van der Waals surface area contributed by atoms with Crippen molar-refractivity contribution in [1.29, 1.82) is 5.26 Å². The number of piperazine rings is 1. The smallest absolute Gasteiger partial charge is 0.131 e. The van der Waals surface area contributed by atoms with E-state index in [-0.39, 0.29) is 11.8 Å². The molecule has 1 atom stereocenters. The van der Waals surface area contributed by atoms with Crippen molar-refractivity contribution in [1.82, 2.24) is 10.2 Å². The van der Waals surface area contributed by atoms with Crippen LogP contribution < -0.4 is 14.8 Å². The molecule has 0 saturated carbocycles. The fraction of sp³-hybridized carbons (Fsp3) is 0.533. The van der Waals surface area contributed by atoms with Crippen LogP contribution in [0.5, 0.6) is 17.2 Å². The maximum Gasteiger partial charge on any atom is 0.131 e. The van der Waals surface area contributed by atoms with Gasteiger partial charge in [-0.2, -0.15) is 5.26 Å². The average molecular weight is 291 g/mol. The highest BCUT2D eigenvalue weighted by Gasteiger charge is 2.28. The predicted molar refractivity (Wildman–Crippen MR) is 78.6 cm³/mol. The Morgan fingerprint density at radius 2 is 2.05 bits per heavy atom. The van der Waals surface area contributed by atoms with Crippen LogP contribution in [0.2, 0.25) is 0 Å². The van der Waals surface area contributed by atoms with Gasteiger partial charge in [0, 0.05) is 38.3 Å². The van der Waals surface area contributed by atoms with Crippen molar-refractivity contribution in [2.24, 2.45) is 0 Å². The molecule has 0 aromatic heterocycles. The largest absolute Gasteiger partial charge is 0.507 e. The van der Waals surface area contributed by atoms with E-state index in [1.165, 1.54) is 7.11 Å². The first kappa shape index (κ1) is 15.4. The van der Waals surface area contributed by atoms with E-state index >= 15 is 0 Å². The lowest BCUT2D eigenvalue weighted by Gasteiger charge is -2.34. The van der Waals surface area contributed by atoms with Crippen LogP contribution in [0.1, 0.15) is 18.0 Å².